The smallest absolute Gasteiger partial charge is 0.319 e. The predicted molar refractivity (Wildman–Crippen MR) is 69.1 cm³/mol. The molecular weight excluding hydrogens is 216 g/mol. The molecule has 2 amide bonds. The van der Waals surface area contributed by atoms with Gasteiger partial charge in [0.05, 0.1) is 12.7 Å². The standard InChI is InChI=1S/C13H26N2O2/c1-11(2)17-10-9-14(4)13(16)15-7-5-12(3)6-8-15/h11-12H,5-10H2,1-4H3. The van der Waals surface area contributed by atoms with Gasteiger partial charge in [-0.3, -0.25) is 0 Å². The van der Waals surface area contributed by atoms with Crippen molar-refractivity contribution in [3.8, 4) is 0 Å². The number of piperidine rings is 1. The number of carbonyl (C=O) groups excluding carboxylic acids is 1. The van der Waals surface area contributed by atoms with Crippen molar-refractivity contribution in [1.29, 1.82) is 0 Å². The number of nitrogens with zero attached hydrogens (tertiary/aromatic N) is 2. The predicted octanol–water partition coefficient (Wildman–Crippen LogP) is 2.20. The zero-order valence-corrected chi connectivity index (χ0v) is 11.6. The number of rotatable bonds is 4. The van der Waals surface area contributed by atoms with Crippen molar-refractivity contribution in [2.45, 2.75) is 39.7 Å². The number of likely N-dealkylation sites (tertiary alicyclic amines) is 1. The first-order valence-electron chi connectivity index (χ1n) is 6.62. The summed E-state index contributed by atoms with van der Waals surface area (Å²) in [7, 11) is 1.85. The molecule has 0 bridgehead atoms. The van der Waals surface area contributed by atoms with Crippen LogP contribution in [0.3, 0.4) is 0 Å². The number of carbonyl (C=O) groups is 1. The van der Waals surface area contributed by atoms with E-state index in [0.29, 0.717) is 13.2 Å². The maximum absolute atomic E-state index is 12.1. The Labute approximate surface area is 105 Å². The highest BCUT2D eigenvalue weighted by Gasteiger charge is 2.22. The van der Waals surface area contributed by atoms with Crippen LogP contribution in [0.2, 0.25) is 0 Å². The second kappa shape index (κ2) is 6.84. The van der Waals surface area contributed by atoms with Gasteiger partial charge >= 0.3 is 6.03 Å². The number of hydrogen-bond acceptors (Lipinski definition) is 2. The second-order valence-electron chi connectivity index (χ2n) is 5.29. The van der Waals surface area contributed by atoms with Crippen LogP contribution in [0.15, 0.2) is 0 Å². The maximum atomic E-state index is 12.1. The molecule has 0 saturated carbocycles. The van der Waals surface area contributed by atoms with Crippen molar-refractivity contribution in [3.63, 3.8) is 0 Å². The van der Waals surface area contributed by atoms with E-state index >= 15 is 0 Å². The quantitative estimate of drug-likeness (QED) is 0.757. The topological polar surface area (TPSA) is 32.8 Å². The third kappa shape index (κ3) is 4.94. The minimum atomic E-state index is 0.143. The van der Waals surface area contributed by atoms with Crippen molar-refractivity contribution in [3.05, 3.63) is 0 Å². The van der Waals surface area contributed by atoms with Gasteiger partial charge in [0, 0.05) is 26.7 Å². The molecule has 4 heteroatoms. The van der Waals surface area contributed by atoms with E-state index < -0.39 is 0 Å². The lowest BCUT2D eigenvalue weighted by molar-refractivity contribution is 0.0628. The van der Waals surface area contributed by atoms with Gasteiger partial charge in [0.1, 0.15) is 0 Å². The van der Waals surface area contributed by atoms with E-state index in [1.807, 2.05) is 25.8 Å². The molecule has 0 aromatic rings. The zero-order valence-electron chi connectivity index (χ0n) is 11.6. The molecule has 1 rings (SSSR count). The van der Waals surface area contributed by atoms with Gasteiger partial charge < -0.3 is 14.5 Å². The van der Waals surface area contributed by atoms with Crippen molar-refractivity contribution in [1.82, 2.24) is 9.80 Å². The minimum absolute atomic E-state index is 0.143. The zero-order chi connectivity index (χ0) is 12.8. The third-order valence-electron chi connectivity index (χ3n) is 3.26. The lowest BCUT2D eigenvalue weighted by Crippen LogP contribution is -2.45. The van der Waals surface area contributed by atoms with Crippen LogP contribution in [-0.2, 0) is 4.74 Å². The average Bonchev–Trinajstić information content (AvgIpc) is 2.28. The van der Waals surface area contributed by atoms with Crippen molar-refractivity contribution in [2.24, 2.45) is 5.92 Å². The highest BCUT2D eigenvalue weighted by atomic mass is 16.5. The number of hydrogen-bond donors (Lipinski definition) is 0. The Kier molecular flexibility index (Phi) is 5.75. The summed E-state index contributed by atoms with van der Waals surface area (Å²) in [6.07, 6.45) is 2.48. The van der Waals surface area contributed by atoms with E-state index in [2.05, 4.69) is 6.92 Å². The molecule has 1 heterocycles. The van der Waals surface area contributed by atoms with E-state index in [-0.39, 0.29) is 12.1 Å². The number of likely N-dealkylation sites (N-methyl/N-ethyl adjacent to an activating group) is 1. The van der Waals surface area contributed by atoms with E-state index in [4.69, 9.17) is 4.74 Å². The summed E-state index contributed by atoms with van der Waals surface area (Å²) in [5.41, 5.74) is 0. The minimum Gasteiger partial charge on any atom is -0.377 e. The van der Waals surface area contributed by atoms with Gasteiger partial charge in [-0.2, -0.15) is 0 Å². The Morgan fingerprint density at radius 2 is 2.00 bits per heavy atom. The molecule has 0 aromatic heterocycles. The van der Waals surface area contributed by atoms with E-state index in [1.165, 1.54) is 0 Å². The number of ether oxygens (including phenoxy) is 1. The second-order valence-corrected chi connectivity index (χ2v) is 5.29. The van der Waals surface area contributed by atoms with Crippen LogP contribution in [0.5, 0.6) is 0 Å². The Morgan fingerprint density at radius 3 is 2.53 bits per heavy atom. The molecule has 1 aliphatic heterocycles. The summed E-state index contributed by atoms with van der Waals surface area (Å²) in [6, 6.07) is 0.143. The van der Waals surface area contributed by atoms with E-state index in [1.54, 1.807) is 4.90 Å². The Hall–Kier alpha value is -0.770. The monoisotopic (exact) mass is 242 g/mol. The first-order chi connectivity index (χ1) is 8.00. The summed E-state index contributed by atoms with van der Waals surface area (Å²) in [6.45, 7) is 9.35. The highest BCUT2D eigenvalue weighted by molar-refractivity contribution is 5.74. The molecule has 0 atom stereocenters. The molecule has 1 saturated heterocycles. The van der Waals surface area contributed by atoms with Gasteiger partial charge in [-0.25, -0.2) is 4.79 Å². The SMILES string of the molecule is CC1CCN(C(=O)N(C)CCOC(C)C)CC1. The summed E-state index contributed by atoms with van der Waals surface area (Å²) in [5.74, 6) is 0.758. The van der Waals surface area contributed by atoms with Crippen LogP contribution in [0, 0.1) is 5.92 Å². The third-order valence-corrected chi connectivity index (χ3v) is 3.26. The number of urea groups is 1. The molecule has 100 valence electrons. The molecule has 1 fully saturated rings. The van der Waals surface area contributed by atoms with Gasteiger partial charge in [-0.05, 0) is 32.6 Å². The summed E-state index contributed by atoms with van der Waals surface area (Å²) in [5, 5.41) is 0. The van der Waals surface area contributed by atoms with Gasteiger partial charge in [-0.15, -0.1) is 0 Å². The largest absolute Gasteiger partial charge is 0.377 e. The first-order valence-corrected chi connectivity index (χ1v) is 6.62. The Morgan fingerprint density at radius 1 is 1.41 bits per heavy atom. The molecule has 0 N–H and O–H groups in total. The van der Waals surface area contributed by atoms with Gasteiger partial charge in [0.2, 0.25) is 0 Å². The van der Waals surface area contributed by atoms with Gasteiger partial charge in [0.15, 0.2) is 0 Å². The lowest BCUT2D eigenvalue weighted by Gasteiger charge is -2.33. The van der Waals surface area contributed by atoms with Crippen LogP contribution in [-0.4, -0.2) is 55.2 Å². The van der Waals surface area contributed by atoms with Gasteiger partial charge in [0.25, 0.3) is 0 Å². The molecule has 1 aliphatic rings. The Bertz CT molecular complexity index is 236. The fourth-order valence-corrected chi connectivity index (χ4v) is 1.96. The summed E-state index contributed by atoms with van der Waals surface area (Å²) in [4.78, 5) is 15.8. The van der Waals surface area contributed by atoms with Gasteiger partial charge in [-0.1, -0.05) is 6.92 Å². The van der Waals surface area contributed by atoms with Crippen LogP contribution in [0.4, 0.5) is 4.79 Å². The molecule has 0 unspecified atom stereocenters. The molecule has 17 heavy (non-hydrogen) atoms. The summed E-state index contributed by atoms with van der Waals surface area (Å²) < 4.78 is 5.45. The van der Waals surface area contributed by atoms with E-state index in [9.17, 15) is 4.79 Å². The van der Waals surface area contributed by atoms with Crippen LogP contribution in [0.25, 0.3) is 0 Å². The van der Waals surface area contributed by atoms with Crippen LogP contribution in [0.1, 0.15) is 33.6 Å². The highest BCUT2D eigenvalue weighted by Crippen LogP contribution is 2.16. The molecule has 0 spiro atoms. The molecule has 0 aromatic carbocycles. The molecule has 4 nitrogen and oxygen atoms in total. The molecule has 0 aliphatic carbocycles. The first kappa shape index (κ1) is 14.3. The fraction of sp³-hybridized carbons (Fsp3) is 0.923. The van der Waals surface area contributed by atoms with E-state index in [0.717, 1.165) is 31.8 Å². The molecular formula is C13H26N2O2. The average molecular weight is 242 g/mol. The molecule has 0 radical (unpaired) electrons. The maximum Gasteiger partial charge on any atom is 0.319 e. The van der Waals surface area contributed by atoms with Crippen molar-refractivity contribution < 1.29 is 9.53 Å². The summed E-state index contributed by atoms with van der Waals surface area (Å²) >= 11 is 0. The van der Waals surface area contributed by atoms with Crippen LogP contribution >= 0.6 is 0 Å². The van der Waals surface area contributed by atoms with Crippen LogP contribution < -0.4 is 0 Å². The number of amides is 2. The van der Waals surface area contributed by atoms with Crippen molar-refractivity contribution >= 4 is 6.03 Å². The van der Waals surface area contributed by atoms with Crippen molar-refractivity contribution in [2.75, 3.05) is 33.3 Å². The lowest BCUT2D eigenvalue weighted by atomic mass is 10.00. The fourth-order valence-electron chi connectivity index (χ4n) is 1.96. The normalized spacial score (nSPS) is 17.6. The Balaban J connectivity index is 2.26.